The third kappa shape index (κ3) is 9.67. The number of hydrogen-bond donors (Lipinski definition) is 4. The van der Waals surface area contributed by atoms with E-state index in [0.717, 1.165) is 26.8 Å². The number of carbonyl (C=O) groups is 2. The van der Waals surface area contributed by atoms with Gasteiger partial charge in [0.05, 0.1) is 10.5 Å². The zero-order chi connectivity index (χ0) is 40.0. The zero-order valence-corrected chi connectivity index (χ0v) is 29.9. The minimum atomic E-state index is -5.05. The van der Waals surface area contributed by atoms with Crippen molar-refractivity contribution >= 4 is 32.0 Å². The lowest BCUT2D eigenvalue weighted by Crippen LogP contribution is -2.44. The van der Waals surface area contributed by atoms with Crippen LogP contribution < -0.4 is 5.48 Å². The van der Waals surface area contributed by atoms with Crippen molar-refractivity contribution in [2.75, 3.05) is 0 Å². The summed E-state index contributed by atoms with van der Waals surface area (Å²) in [6, 6.07) is 18.3. The van der Waals surface area contributed by atoms with Crippen LogP contribution in [0.1, 0.15) is 48.5 Å². The number of aromatic hydroxyl groups is 1. The van der Waals surface area contributed by atoms with Crippen LogP contribution >= 0.6 is 0 Å². The number of hydrogen-bond acceptors (Lipinski definition) is 11. The summed E-state index contributed by atoms with van der Waals surface area (Å²) < 4.78 is 96.8. The number of carbonyl (C=O) groups excluding carboxylic acids is 2. The first-order valence-electron chi connectivity index (χ1n) is 15.8. The molecule has 2 amide bonds. The van der Waals surface area contributed by atoms with Crippen LogP contribution in [0, 0.1) is 0 Å². The summed E-state index contributed by atoms with van der Waals surface area (Å²) in [5.74, 6) is -3.33. The molecular weight excluding hydrogens is 770 g/mol. The summed E-state index contributed by atoms with van der Waals surface area (Å²) in [7, 11) is -9.64. The number of benzene rings is 3. The molecule has 0 fully saturated rings. The third-order valence-corrected chi connectivity index (χ3v) is 11.3. The van der Waals surface area contributed by atoms with Gasteiger partial charge in [0.2, 0.25) is 10.0 Å². The van der Waals surface area contributed by atoms with Crippen LogP contribution in [0.15, 0.2) is 121 Å². The van der Waals surface area contributed by atoms with Crippen molar-refractivity contribution < 1.29 is 55.1 Å². The Hall–Kier alpha value is -5.77. The molecule has 0 spiro atoms. The normalized spacial score (nSPS) is 12.1. The number of sulfonamides is 1. The molecule has 0 aliphatic carbocycles. The molecule has 0 unspecified atom stereocenters. The van der Waals surface area contributed by atoms with Crippen molar-refractivity contribution in [3.05, 3.63) is 155 Å². The maximum Gasteiger partial charge on any atom is 0.419 e. The number of phenolic OH excluding ortho intramolecular Hbond substituents is 1. The summed E-state index contributed by atoms with van der Waals surface area (Å²) >= 11 is 0. The highest BCUT2D eigenvalue weighted by atomic mass is 32.2. The van der Waals surface area contributed by atoms with Crippen molar-refractivity contribution in [2.24, 2.45) is 0 Å². The lowest BCUT2D eigenvalue weighted by molar-refractivity contribution is -0.138. The third-order valence-electron chi connectivity index (χ3n) is 8.03. The Morgan fingerprint density at radius 1 is 0.691 bits per heavy atom. The molecule has 0 saturated heterocycles. The van der Waals surface area contributed by atoms with E-state index in [4.69, 9.17) is 5.21 Å². The molecule has 288 valence electrons. The van der Waals surface area contributed by atoms with Crippen LogP contribution in [-0.4, -0.2) is 67.2 Å². The molecule has 15 nitrogen and oxygen atoms in total. The second-order valence-electron chi connectivity index (χ2n) is 11.8. The molecule has 55 heavy (non-hydrogen) atoms. The predicted octanol–water partition coefficient (Wildman–Crippen LogP) is 4.49. The molecule has 0 aliphatic rings. The lowest BCUT2D eigenvalue weighted by atomic mass is 10.1. The first kappa shape index (κ1) is 40.4. The molecule has 0 atom stereocenters. The highest BCUT2D eigenvalue weighted by Gasteiger charge is 2.37. The summed E-state index contributed by atoms with van der Waals surface area (Å²) in [6.45, 7) is -1.50. The molecule has 20 heteroatoms. The minimum Gasteiger partial charge on any atom is -0.507 e. The smallest absolute Gasteiger partial charge is 0.419 e. The van der Waals surface area contributed by atoms with Gasteiger partial charge in [-0.1, -0.05) is 40.9 Å². The zero-order valence-electron chi connectivity index (χ0n) is 28.3. The van der Waals surface area contributed by atoms with E-state index in [1.54, 1.807) is 18.2 Å². The Balaban J connectivity index is 1.40. The topological polar surface area (TPSA) is 211 Å². The van der Waals surface area contributed by atoms with Crippen molar-refractivity contribution in [1.82, 2.24) is 28.5 Å². The molecule has 2 aromatic heterocycles. The Morgan fingerprint density at radius 2 is 1.18 bits per heavy atom. The first-order valence-corrected chi connectivity index (χ1v) is 18.7. The number of phenols is 1. The standard InChI is InChI=1S/C35H31F3N6O9S2/c36-35(37,38)31-17-30(13-14-32(31)45)54(50,51)42(22-26-3-1-15-39-18-26)20-24-7-11-29(12-8-24)34(47)44(49)55(52,53)43(23-27-4-2-16-40-19-27)21-25-5-9-28(10-6-25)33(46)41-48/h1-19,45,48-49H,20-23H2,(H,41,46). The van der Waals surface area contributed by atoms with E-state index in [9.17, 15) is 49.9 Å². The first-order chi connectivity index (χ1) is 26.0. The second kappa shape index (κ2) is 16.7. The molecular formula is C35H31F3N6O9S2. The van der Waals surface area contributed by atoms with E-state index in [1.165, 1.54) is 72.7 Å². The van der Waals surface area contributed by atoms with Gasteiger partial charge in [-0.05, 0) is 76.9 Å². The van der Waals surface area contributed by atoms with E-state index in [1.807, 2.05) is 0 Å². The Kier molecular flexibility index (Phi) is 12.3. The van der Waals surface area contributed by atoms with Gasteiger partial charge in [-0.3, -0.25) is 30.0 Å². The monoisotopic (exact) mass is 800 g/mol. The van der Waals surface area contributed by atoms with Gasteiger partial charge in [0.1, 0.15) is 5.75 Å². The van der Waals surface area contributed by atoms with Gasteiger partial charge in [-0.2, -0.15) is 30.2 Å². The number of rotatable bonds is 14. The Labute approximate surface area is 312 Å². The maximum atomic E-state index is 13.8. The van der Waals surface area contributed by atoms with E-state index in [0.29, 0.717) is 28.8 Å². The average molecular weight is 801 g/mol. The number of pyridine rings is 2. The van der Waals surface area contributed by atoms with Crippen molar-refractivity contribution in [2.45, 2.75) is 37.3 Å². The number of halogens is 3. The lowest BCUT2D eigenvalue weighted by Gasteiger charge is -2.26. The van der Waals surface area contributed by atoms with Gasteiger partial charge in [0, 0.05) is 62.1 Å². The number of aromatic nitrogens is 2. The largest absolute Gasteiger partial charge is 0.507 e. The van der Waals surface area contributed by atoms with E-state index in [-0.39, 0.29) is 36.3 Å². The van der Waals surface area contributed by atoms with Crippen LogP contribution in [0.4, 0.5) is 13.2 Å². The molecule has 5 aromatic rings. The summed E-state index contributed by atoms with van der Waals surface area (Å²) in [4.78, 5) is 32.3. The minimum absolute atomic E-state index is 0.0732. The average Bonchev–Trinajstić information content (AvgIpc) is 3.17. The fraction of sp³-hybridized carbons (Fsp3) is 0.143. The fourth-order valence-electron chi connectivity index (χ4n) is 5.20. The van der Waals surface area contributed by atoms with Crippen molar-refractivity contribution in [3.8, 4) is 5.75 Å². The molecule has 3 aromatic carbocycles. The molecule has 0 saturated carbocycles. The molecule has 0 radical (unpaired) electrons. The van der Waals surface area contributed by atoms with Gasteiger partial charge in [0.25, 0.3) is 11.8 Å². The summed E-state index contributed by atoms with van der Waals surface area (Å²) in [5.41, 5.74) is 1.04. The number of nitrogens with zero attached hydrogens (tertiary/aromatic N) is 5. The maximum absolute atomic E-state index is 13.8. The van der Waals surface area contributed by atoms with E-state index in [2.05, 4.69) is 9.97 Å². The van der Waals surface area contributed by atoms with Crippen LogP contribution in [0.25, 0.3) is 0 Å². The summed E-state index contributed by atoms with van der Waals surface area (Å²) in [5, 5.41) is 29.5. The molecule has 0 aliphatic heterocycles. The second-order valence-corrected chi connectivity index (χ2v) is 15.5. The van der Waals surface area contributed by atoms with Crippen LogP contribution in [0.3, 0.4) is 0 Å². The van der Waals surface area contributed by atoms with E-state index >= 15 is 0 Å². The van der Waals surface area contributed by atoms with Gasteiger partial charge in [0.15, 0.2) is 0 Å². The fourth-order valence-corrected chi connectivity index (χ4v) is 7.80. The quantitative estimate of drug-likeness (QED) is 0.0908. The van der Waals surface area contributed by atoms with Crippen LogP contribution in [0.2, 0.25) is 0 Å². The SMILES string of the molecule is O=C(NO)c1ccc(CN(Cc2cccnc2)S(=O)(=O)N(O)C(=O)c2ccc(CN(Cc3cccnc3)S(=O)(=O)c3ccc(O)c(C(F)(F)F)c3)cc2)cc1. The number of nitrogens with one attached hydrogen (secondary N) is 1. The Morgan fingerprint density at radius 3 is 1.67 bits per heavy atom. The molecule has 4 N–H and O–H groups in total. The predicted molar refractivity (Wildman–Crippen MR) is 186 cm³/mol. The Bertz CT molecular complexity index is 2360. The van der Waals surface area contributed by atoms with Crippen LogP contribution in [0.5, 0.6) is 5.75 Å². The van der Waals surface area contributed by atoms with Crippen molar-refractivity contribution in [1.29, 1.82) is 0 Å². The van der Waals surface area contributed by atoms with Gasteiger partial charge in [-0.15, -0.1) is 0 Å². The van der Waals surface area contributed by atoms with Gasteiger partial charge >= 0.3 is 16.4 Å². The highest BCUT2D eigenvalue weighted by Crippen LogP contribution is 2.37. The van der Waals surface area contributed by atoms with Gasteiger partial charge in [-0.25, -0.2) is 13.9 Å². The summed E-state index contributed by atoms with van der Waals surface area (Å²) in [6.07, 6.45) is 0.592. The number of amides is 2. The number of alkyl halides is 3. The van der Waals surface area contributed by atoms with E-state index < -0.39 is 65.4 Å². The van der Waals surface area contributed by atoms with Crippen molar-refractivity contribution in [3.63, 3.8) is 0 Å². The number of hydroxylamine groups is 2. The van der Waals surface area contributed by atoms with Gasteiger partial charge < -0.3 is 5.11 Å². The molecule has 0 bridgehead atoms. The van der Waals surface area contributed by atoms with Crippen LogP contribution in [-0.2, 0) is 52.6 Å². The highest BCUT2D eigenvalue weighted by molar-refractivity contribution is 7.89. The molecule has 2 heterocycles. The molecule has 5 rings (SSSR count).